The number of nitrogens with zero attached hydrogens (tertiary/aromatic N) is 2. The maximum Gasteiger partial charge on any atom is 0.261 e. The number of ether oxygens (including phenoxy) is 1. The van der Waals surface area contributed by atoms with E-state index in [1.807, 2.05) is 97.1 Å². The summed E-state index contributed by atoms with van der Waals surface area (Å²) in [4.78, 5) is 12.2. The van der Waals surface area contributed by atoms with Crippen LogP contribution in [-0.2, 0) is 9.53 Å². The van der Waals surface area contributed by atoms with Gasteiger partial charge in [0, 0.05) is 6.20 Å². The largest absolute Gasteiger partial charge is 0.469 e. The third-order valence-corrected chi connectivity index (χ3v) is 4.65. The number of nitrogens with one attached hydrogen (secondary N) is 1. The van der Waals surface area contributed by atoms with Crippen LogP contribution in [0.1, 0.15) is 22.6 Å². The van der Waals surface area contributed by atoms with E-state index in [1.165, 1.54) is 0 Å². The van der Waals surface area contributed by atoms with E-state index in [-0.39, 0.29) is 18.4 Å². The molecular weight excluding hydrogens is 374 g/mol. The van der Waals surface area contributed by atoms with Crippen molar-refractivity contribution in [3.8, 4) is 0 Å². The molecule has 30 heavy (non-hydrogen) atoms. The Morgan fingerprint density at radius 3 is 2.20 bits per heavy atom. The normalized spacial score (nSPS) is 15.5. The van der Waals surface area contributed by atoms with Crippen LogP contribution < -0.4 is 5.32 Å². The van der Waals surface area contributed by atoms with E-state index in [1.54, 1.807) is 6.20 Å². The number of hydrogen-bond acceptors (Lipinski definition) is 4. The molecule has 0 saturated carbocycles. The van der Waals surface area contributed by atoms with Crippen molar-refractivity contribution in [2.24, 2.45) is 10.2 Å². The van der Waals surface area contributed by atoms with Gasteiger partial charge in [-0.3, -0.25) is 4.79 Å². The highest BCUT2D eigenvalue weighted by molar-refractivity contribution is 6.19. The molecule has 1 unspecified atom stereocenters. The summed E-state index contributed by atoms with van der Waals surface area (Å²) < 4.78 is 5.78. The summed E-state index contributed by atoms with van der Waals surface area (Å²) in [5.74, 6) is -0.0895. The molecule has 1 amide bonds. The van der Waals surface area contributed by atoms with Gasteiger partial charge in [-0.1, -0.05) is 91.0 Å². The molecule has 1 atom stereocenters. The summed E-state index contributed by atoms with van der Waals surface area (Å²) >= 11 is 0. The number of rotatable bonds is 6. The van der Waals surface area contributed by atoms with Gasteiger partial charge in [-0.15, -0.1) is 5.10 Å². The monoisotopic (exact) mass is 395 g/mol. The molecule has 4 rings (SSSR count). The van der Waals surface area contributed by atoms with Crippen LogP contribution in [0.3, 0.4) is 0 Å². The molecule has 1 aliphatic rings. The first kappa shape index (κ1) is 19.3. The predicted octanol–water partition coefficient (Wildman–Crippen LogP) is 4.39. The Morgan fingerprint density at radius 1 is 0.867 bits per heavy atom. The van der Waals surface area contributed by atoms with Gasteiger partial charge < -0.3 is 10.1 Å². The van der Waals surface area contributed by atoms with Crippen molar-refractivity contribution >= 4 is 23.6 Å². The van der Waals surface area contributed by atoms with E-state index < -0.39 is 0 Å². The van der Waals surface area contributed by atoms with Crippen molar-refractivity contribution < 1.29 is 9.53 Å². The predicted molar refractivity (Wildman–Crippen MR) is 119 cm³/mol. The van der Waals surface area contributed by atoms with Crippen molar-refractivity contribution in [2.75, 3.05) is 6.61 Å². The molecule has 0 fully saturated rings. The van der Waals surface area contributed by atoms with E-state index in [9.17, 15) is 4.79 Å². The minimum atomic E-state index is -0.259. The Bertz CT molecular complexity index is 1080. The lowest BCUT2D eigenvalue weighted by molar-refractivity contribution is -0.122. The van der Waals surface area contributed by atoms with Crippen molar-refractivity contribution in [1.82, 2.24) is 5.32 Å². The summed E-state index contributed by atoms with van der Waals surface area (Å²) in [6.45, 7) is -0.140. The van der Waals surface area contributed by atoms with Gasteiger partial charge >= 0.3 is 0 Å². The van der Waals surface area contributed by atoms with E-state index in [0.717, 1.165) is 22.4 Å². The van der Waals surface area contributed by atoms with E-state index in [2.05, 4.69) is 15.5 Å². The Morgan fingerprint density at radius 2 is 1.50 bits per heavy atom. The Labute approximate surface area is 175 Å². The molecule has 0 bridgehead atoms. The van der Waals surface area contributed by atoms with E-state index in [4.69, 9.17) is 4.74 Å². The summed E-state index contributed by atoms with van der Waals surface area (Å²) in [5.41, 5.74) is 3.80. The fourth-order valence-electron chi connectivity index (χ4n) is 3.20. The summed E-state index contributed by atoms with van der Waals surface area (Å²) in [6, 6.07) is 29.5. The number of carbonyl (C=O) groups is 1. The zero-order valence-corrected chi connectivity index (χ0v) is 16.3. The number of hydrogen-bond donors (Lipinski definition) is 1. The van der Waals surface area contributed by atoms with Crippen LogP contribution in [0.15, 0.2) is 107 Å². The molecule has 3 aromatic carbocycles. The van der Waals surface area contributed by atoms with Crippen molar-refractivity contribution in [2.45, 2.75) is 5.92 Å². The zero-order valence-electron chi connectivity index (χ0n) is 16.3. The molecule has 0 spiro atoms. The molecular formula is C25H21N3O2. The smallest absolute Gasteiger partial charge is 0.261 e. The average Bonchev–Trinajstić information content (AvgIpc) is 3.23. The van der Waals surface area contributed by atoms with Crippen LogP contribution in [0.4, 0.5) is 0 Å². The Hall–Kier alpha value is -3.99. The molecule has 0 aliphatic carbocycles. The molecule has 5 nitrogen and oxygen atoms in total. The average molecular weight is 395 g/mol. The van der Waals surface area contributed by atoms with Crippen molar-refractivity contribution in [1.29, 1.82) is 0 Å². The van der Waals surface area contributed by atoms with Crippen LogP contribution in [0.25, 0.3) is 6.08 Å². The van der Waals surface area contributed by atoms with Crippen LogP contribution in [-0.4, -0.2) is 24.1 Å². The standard InChI is InChI=1S/C25H21N3O2/c29-22(26-17-16-19-10-4-1-5-11-19)18-30-25-23(20-12-6-2-7-13-20)24(27-28-25)21-14-8-3-9-15-21/h1-17,23H,18H2,(H,26,29)/b17-16+. The third-order valence-electron chi connectivity index (χ3n) is 4.65. The first-order valence-electron chi connectivity index (χ1n) is 9.71. The number of carbonyl (C=O) groups excluding carboxylic acids is 1. The minimum Gasteiger partial charge on any atom is -0.469 e. The highest BCUT2D eigenvalue weighted by atomic mass is 16.5. The highest BCUT2D eigenvalue weighted by Gasteiger charge is 2.31. The second kappa shape index (κ2) is 9.47. The van der Waals surface area contributed by atoms with Crippen LogP contribution in [0.5, 0.6) is 0 Å². The fourth-order valence-corrected chi connectivity index (χ4v) is 3.20. The number of amides is 1. The maximum atomic E-state index is 12.2. The SMILES string of the molecule is O=C(COC1=NN=C(c2ccccc2)C1c1ccccc1)N/C=C/c1ccccc1. The van der Waals surface area contributed by atoms with Crippen LogP contribution in [0, 0.1) is 0 Å². The van der Waals surface area contributed by atoms with Gasteiger partial charge in [0.05, 0.1) is 5.71 Å². The van der Waals surface area contributed by atoms with Crippen LogP contribution in [0.2, 0.25) is 0 Å². The summed E-state index contributed by atoms with van der Waals surface area (Å²) in [5, 5.41) is 11.3. The Balaban J connectivity index is 1.42. The van der Waals surface area contributed by atoms with Crippen LogP contribution >= 0.6 is 0 Å². The summed E-state index contributed by atoms with van der Waals surface area (Å²) in [6.07, 6.45) is 3.44. The fraction of sp³-hybridized carbons (Fsp3) is 0.0800. The van der Waals surface area contributed by atoms with Gasteiger partial charge in [0.2, 0.25) is 5.90 Å². The lowest BCUT2D eigenvalue weighted by Crippen LogP contribution is -2.28. The molecule has 0 saturated heterocycles. The quantitative estimate of drug-likeness (QED) is 0.673. The lowest BCUT2D eigenvalue weighted by Gasteiger charge is -2.16. The lowest BCUT2D eigenvalue weighted by atomic mass is 9.90. The second-order valence-corrected chi connectivity index (χ2v) is 6.73. The van der Waals surface area contributed by atoms with Crippen molar-refractivity contribution in [3.63, 3.8) is 0 Å². The second-order valence-electron chi connectivity index (χ2n) is 6.73. The topological polar surface area (TPSA) is 63.0 Å². The van der Waals surface area contributed by atoms with Gasteiger partial charge in [-0.05, 0) is 22.8 Å². The molecule has 1 N–H and O–H groups in total. The van der Waals surface area contributed by atoms with Crippen molar-refractivity contribution in [3.05, 3.63) is 114 Å². The van der Waals surface area contributed by atoms with Gasteiger partial charge in [0.1, 0.15) is 5.92 Å². The van der Waals surface area contributed by atoms with Gasteiger partial charge in [-0.25, -0.2) is 0 Å². The molecule has 1 heterocycles. The van der Waals surface area contributed by atoms with Gasteiger partial charge in [0.25, 0.3) is 5.91 Å². The molecule has 0 aromatic heterocycles. The first-order valence-corrected chi connectivity index (χ1v) is 9.71. The van der Waals surface area contributed by atoms with Gasteiger partial charge in [0.15, 0.2) is 6.61 Å². The molecule has 3 aromatic rings. The molecule has 1 aliphatic heterocycles. The first-order chi connectivity index (χ1) is 14.8. The number of benzene rings is 3. The zero-order chi connectivity index (χ0) is 20.6. The Kier molecular flexibility index (Phi) is 6.11. The van der Waals surface area contributed by atoms with E-state index >= 15 is 0 Å². The minimum absolute atomic E-state index is 0.140. The van der Waals surface area contributed by atoms with Gasteiger partial charge in [-0.2, -0.15) is 5.10 Å². The molecule has 148 valence electrons. The highest BCUT2D eigenvalue weighted by Crippen LogP contribution is 2.28. The van der Waals surface area contributed by atoms with E-state index in [0.29, 0.717) is 5.90 Å². The third kappa shape index (κ3) is 4.70. The summed E-state index contributed by atoms with van der Waals surface area (Å²) in [7, 11) is 0. The molecule has 0 radical (unpaired) electrons. The maximum absolute atomic E-state index is 12.2. The molecule has 5 heteroatoms.